The number of benzene rings is 2. The SMILES string of the molecule is CCOC(c1ccc(OC)c2ccccc12)C(C)O. The number of fused-ring (bicyclic) bond motifs is 1. The molecule has 2 rings (SSSR count). The number of hydrogen-bond acceptors (Lipinski definition) is 3. The van der Waals surface area contributed by atoms with E-state index in [0.717, 1.165) is 22.1 Å². The van der Waals surface area contributed by atoms with E-state index in [1.807, 2.05) is 43.3 Å². The second-order valence-electron chi connectivity index (χ2n) is 4.52. The Balaban J connectivity index is 2.60. The van der Waals surface area contributed by atoms with E-state index in [-0.39, 0.29) is 6.10 Å². The maximum absolute atomic E-state index is 9.93. The molecule has 0 saturated heterocycles. The molecule has 0 heterocycles. The summed E-state index contributed by atoms with van der Waals surface area (Å²) in [4.78, 5) is 0. The van der Waals surface area contributed by atoms with Gasteiger partial charge < -0.3 is 14.6 Å². The first kappa shape index (κ1) is 13.8. The number of hydrogen-bond donors (Lipinski definition) is 1. The fraction of sp³-hybridized carbons (Fsp3) is 0.375. The third kappa shape index (κ3) is 2.72. The van der Waals surface area contributed by atoms with Gasteiger partial charge in [0.05, 0.1) is 13.2 Å². The van der Waals surface area contributed by atoms with E-state index in [1.165, 1.54) is 0 Å². The van der Waals surface area contributed by atoms with E-state index >= 15 is 0 Å². The largest absolute Gasteiger partial charge is 0.496 e. The van der Waals surface area contributed by atoms with Crippen molar-refractivity contribution >= 4 is 10.8 Å². The molecular weight excluding hydrogens is 240 g/mol. The lowest BCUT2D eigenvalue weighted by Gasteiger charge is -2.22. The summed E-state index contributed by atoms with van der Waals surface area (Å²) in [7, 11) is 1.66. The molecule has 0 aliphatic carbocycles. The summed E-state index contributed by atoms with van der Waals surface area (Å²) < 4.78 is 11.1. The maximum Gasteiger partial charge on any atom is 0.126 e. The van der Waals surface area contributed by atoms with Gasteiger partial charge in [-0.1, -0.05) is 30.3 Å². The third-order valence-electron chi connectivity index (χ3n) is 3.23. The van der Waals surface area contributed by atoms with Crippen LogP contribution in [-0.2, 0) is 4.74 Å². The van der Waals surface area contributed by atoms with Crippen LogP contribution in [0, 0.1) is 0 Å². The molecule has 0 spiro atoms. The lowest BCUT2D eigenvalue weighted by molar-refractivity contribution is -0.0251. The van der Waals surface area contributed by atoms with Crippen LogP contribution in [-0.4, -0.2) is 24.9 Å². The van der Waals surface area contributed by atoms with Crippen LogP contribution in [0.15, 0.2) is 36.4 Å². The van der Waals surface area contributed by atoms with Crippen molar-refractivity contribution in [3.63, 3.8) is 0 Å². The topological polar surface area (TPSA) is 38.7 Å². The average molecular weight is 260 g/mol. The van der Waals surface area contributed by atoms with Crippen molar-refractivity contribution < 1.29 is 14.6 Å². The van der Waals surface area contributed by atoms with E-state index in [0.29, 0.717) is 6.61 Å². The third-order valence-corrected chi connectivity index (χ3v) is 3.23. The van der Waals surface area contributed by atoms with Gasteiger partial charge in [0.2, 0.25) is 0 Å². The van der Waals surface area contributed by atoms with Crippen LogP contribution in [0.4, 0.5) is 0 Å². The van der Waals surface area contributed by atoms with Crippen molar-refractivity contribution in [1.82, 2.24) is 0 Å². The first-order valence-corrected chi connectivity index (χ1v) is 6.54. The Morgan fingerprint density at radius 2 is 1.79 bits per heavy atom. The molecular formula is C16H20O3. The fourth-order valence-electron chi connectivity index (χ4n) is 2.39. The zero-order chi connectivity index (χ0) is 13.8. The van der Waals surface area contributed by atoms with Gasteiger partial charge in [0, 0.05) is 12.0 Å². The molecule has 3 heteroatoms. The highest BCUT2D eigenvalue weighted by atomic mass is 16.5. The van der Waals surface area contributed by atoms with Crippen molar-refractivity contribution in [3.8, 4) is 5.75 Å². The first-order chi connectivity index (χ1) is 9.19. The summed E-state index contributed by atoms with van der Waals surface area (Å²) in [5.74, 6) is 0.834. The minimum atomic E-state index is -0.559. The number of aliphatic hydroxyl groups excluding tert-OH is 1. The molecule has 19 heavy (non-hydrogen) atoms. The molecule has 0 fully saturated rings. The highest BCUT2D eigenvalue weighted by Crippen LogP contribution is 2.34. The molecule has 0 aromatic heterocycles. The minimum Gasteiger partial charge on any atom is -0.496 e. The Bertz CT molecular complexity index is 549. The van der Waals surface area contributed by atoms with Crippen LogP contribution in [0.2, 0.25) is 0 Å². The Labute approximate surface area is 113 Å². The van der Waals surface area contributed by atoms with Gasteiger partial charge >= 0.3 is 0 Å². The van der Waals surface area contributed by atoms with E-state index in [1.54, 1.807) is 14.0 Å². The molecule has 2 unspecified atom stereocenters. The van der Waals surface area contributed by atoms with Crippen LogP contribution in [0.3, 0.4) is 0 Å². The summed E-state index contributed by atoms with van der Waals surface area (Å²) in [6.45, 7) is 4.25. The zero-order valence-corrected chi connectivity index (χ0v) is 11.6. The predicted molar refractivity (Wildman–Crippen MR) is 76.5 cm³/mol. The van der Waals surface area contributed by atoms with Crippen molar-refractivity contribution in [2.75, 3.05) is 13.7 Å². The van der Waals surface area contributed by atoms with Crippen LogP contribution in [0.5, 0.6) is 5.75 Å². The van der Waals surface area contributed by atoms with E-state index in [4.69, 9.17) is 9.47 Å². The van der Waals surface area contributed by atoms with Crippen molar-refractivity contribution in [2.24, 2.45) is 0 Å². The van der Waals surface area contributed by atoms with Gasteiger partial charge in [0.25, 0.3) is 0 Å². The van der Waals surface area contributed by atoms with Crippen molar-refractivity contribution in [2.45, 2.75) is 26.1 Å². The Morgan fingerprint density at radius 1 is 1.11 bits per heavy atom. The Kier molecular flexibility index (Phi) is 4.40. The molecule has 3 nitrogen and oxygen atoms in total. The molecule has 0 aliphatic rings. The second-order valence-corrected chi connectivity index (χ2v) is 4.52. The smallest absolute Gasteiger partial charge is 0.126 e. The van der Waals surface area contributed by atoms with Gasteiger partial charge in [-0.05, 0) is 30.9 Å². The molecule has 0 aliphatic heterocycles. The fourth-order valence-corrected chi connectivity index (χ4v) is 2.39. The predicted octanol–water partition coefficient (Wildman–Crippen LogP) is 3.31. The molecule has 0 bridgehead atoms. The van der Waals surface area contributed by atoms with Gasteiger partial charge in [-0.2, -0.15) is 0 Å². The van der Waals surface area contributed by atoms with Crippen molar-refractivity contribution in [3.05, 3.63) is 42.0 Å². The van der Waals surface area contributed by atoms with Gasteiger partial charge in [0.15, 0.2) is 0 Å². The average Bonchev–Trinajstić information content (AvgIpc) is 2.43. The zero-order valence-electron chi connectivity index (χ0n) is 11.6. The summed E-state index contributed by atoms with van der Waals surface area (Å²) >= 11 is 0. The monoisotopic (exact) mass is 260 g/mol. The first-order valence-electron chi connectivity index (χ1n) is 6.54. The molecule has 2 aromatic rings. The van der Waals surface area contributed by atoms with Crippen LogP contribution < -0.4 is 4.74 Å². The molecule has 2 atom stereocenters. The van der Waals surface area contributed by atoms with Crippen LogP contribution in [0.25, 0.3) is 10.8 Å². The van der Waals surface area contributed by atoms with E-state index < -0.39 is 6.10 Å². The molecule has 1 N–H and O–H groups in total. The lowest BCUT2D eigenvalue weighted by atomic mass is 9.97. The molecule has 2 aromatic carbocycles. The summed E-state index contributed by atoms with van der Waals surface area (Å²) in [6.07, 6.45) is -0.877. The molecule has 0 saturated carbocycles. The van der Waals surface area contributed by atoms with Gasteiger partial charge in [0.1, 0.15) is 11.9 Å². The van der Waals surface area contributed by atoms with E-state index in [9.17, 15) is 5.11 Å². The van der Waals surface area contributed by atoms with Gasteiger partial charge in [-0.3, -0.25) is 0 Å². The number of ether oxygens (including phenoxy) is 2. The van der Waals surface area contributed by atoms with Crippen LogP contribution >= 0.6 is 0 Å². The molecule has 0 amide bonds. The van der Waals surface area contributed by atoms with E-state index in [2.05, 4.69) is 0 Å². The highest BCUT2D eigenvalue weighted by molar-refractivity contribution is 5.91. The lowest BCUT2D eigenvalue weighted by Crippen LogP contribution is -2.18. The Hall–Kier alpha value is -1.58. The van der Waals surface area contributed by atoms with Crippen molar-refractivity contribution in [1.29, 1.82) is 0 Å². The van der Waals surface area contributed by atoms with Gasteiger partial charge in [-0.15, -0.1) is 0 Å². The summed E-state index contributed by atoms with van der Waals surface area (Å²) in [6, 6.07) is 11.9. The second kappa shape index (κ2) is 6.04. The minimum absolute atomic E-state index is 0.319. The van der Waals surface area contributed by atoms with Crippen LogP contribution in [0.1, 0.15) is 25.5 Å². The standard InChI is InChI=1S/C16H20O3/c1-4-19-16(11(2)17)14-9-10-15(18-3)13-8-6-5-7-12(13)14/h5-11,16-17H,4H2,1-3H3. The molecule has 0 radical (unpaired) electrons. The summed E-state index contributed by atoms with van der Waals surface area (Å²) in [5, 5.41) is 12.0. The normalized spacial score (nSPS) is 14.3. The highest BCUT2D eigenvalue weighted by Gasteiger charge is 2.20. The number of rotatable bonds is 5. The Morgan fingerprint density at radius 3 is 2.37 bits per heavy atom. The van der Waals surface area contributed by atoms with Gasteiger partial charge in [-0.25, -0.2) is 0 Å². The number of aliphatic hydroxyl groups is 1. The number of methoxy groups -OCH3 is 1. The maximum atomic E-state index is 9.93. The summed E-state index contributed by atoms with van der Waals surface area (Å²) in [5.41, 5.74) is 0.994. The quantitative estimate of drug-likeness (QED) is 0.896. The molecule has 102 valence electrons.